The summed E-state index contributed by atoms with van der Waals surface area (Å²) >= 11 is 1.75. The number of ether oxygens (including phenoxy) is 1. The van der Waals surface area contributed by atoms with E-state index < -0.39 is 0 Å². The van der Waals surface area contributed by atoms with Crippen LogP contribution in [0.2, 0.25) is 0 Å². The van der Waals surface area contributed by atoms with Gasteiger partial charge in [0.1, 0.15) is 12.4 Å². The lowest BCUT2D eigenvalue weighted by Gasteiger charge is -2.11. The predicted octanol–water partition coefficient (Wildman–Crippen LogP) is 3.23. The zero-order valence-corrected chi connectivity index (χ0v) is 13.0. The third-order valence-corrected chi connectivity index (χ3v) is 3.85. The van der Waals surface area contributed by atoms with Crippen molar-refractivity contribution in [2.75, 3.05) is 19.7 Å². The molecule has 0 aliphatic heterocycles. The van der Waals surface area contributed by atoms with E-state index in [2.05, 4.69) is 34.1 Å². The topological polar surface area (TPSA) is 34.1 Å². The number of nitrogens with zero attached hydrogens (tertiary/aromatic N) is 1. The van der Waals surface area contributed by atoms with Gasteiger partial charge in [-0.15, -0.1) is 0 Å². The first-order valence-corrected chi connectivity index (χ1v) is 8.05. The maximum absolute atomic E-state index is 5.80. The molecular formula is C16H22N2OS. The summed E-state index contributed by atoms with van der Waals surface area (Å²) in [5.74, 6) is 0.915. The maximum Gasteiger partial charge on any atom is 0.140 e. The van der Waals surface area contributed by atoms with Gasteiger partial charge >= 0.3 is 0 Å². The number of hydrogen-bond acceptors (Lipinski definition) is 4. The van der Waals surface area contributed by atoms with Crippen LogP contribution in [0.5, 0.6) is 5.75 Å². The van der Waals surface area contributed by atoms with E-state index in [0.717, 1.165) is 43.1 Å². The van der Waals surface area contributed by atoms with E-state index in [9.17, 15) is 0 Å². The lowest BCUT2D eigenvalue weighted by molar-refractivity contribution is 0.310. The second-order valence-electron chi connectivity index (χ2n) is 4.73. The van der Waals surface area contributed by atoms with E-state index >= 15 is 0 Å². The third-order valence-electron chi connectivity index (χ3n) is 3.11. The number of aromatic nitrogens is 1. The van der Waals surface area contributed by atoms with Crippen LogP contribution in [-0.4, -0.2) is 24.7 Å². The highest BCUT2D eigenvalue weighted by atomic mass is 32.1. The van der Waals surface area contributed by atoms with Crippen LogP contribution < -0.4 is 10.1 Å². The van der Waals surface area contributed by atoms with Crippen molar-refractivity contribution in [2.45, 2.75) is 26.7 Å². The summed E-state index contributed by atoms with van der Waals surface area (Å²) in [6.45, 7) is 6.65. The molecule has 1 N–H and O–H groups in total. The summed E-state index contributed by atoms with van der Waals surface area (Å²) in [4.78, 5) is 4.50. The highest BCUT2D eigenvalue weighted by molar-refractivity contribution is 7.07. The molecular weight excluding hydrogens is 268 g/mol. The molecule has 0 aliphatic carbocycles. The minimum absolute atomic E-state index is 0.682. The lowest BCUT2D eigenvalue weighted by Crippen LogP contribution is -2.23. The van der Waals surface area contributed by atoms with E-state index in [0.29, 0.717) is 6.61 Å². The molecule has 0 bridgehead atoms. The van der Waals surface area contributed by atoms with Gasteiger partial charge in [-0.25, -0.2) is 0 Å². The number of nitrogens with one attached hydrogen (secondary N) is 1. The fourth-order valence-corrected chi connectivity index (χ4v) is 2.71. The van der Waals surface area contributed by atoms with Gasteiger partial charge < -0.3 is 10.1 Å². The lowest BCUT2D eigenvalue weighted by atomic mass is 10.2. The fraction of sp³-hybridized carbons (Fsp3) is 0.438. The van der Waals surface area contributed by atoms with Crippen LogP contribution in [0.3, 0.4) is 0 Å². The SMILES string of the molecule is CCc1nc(C)ccc1OCCNCCc1ccsc1. The van der Waals surface area contributed by atoms with Crippen molar-refractivity contribution in [1.29, 1.82) is 0 Å². The number of thiophene rings is 1. The van der Waals surface area contributed by atoms with Crippen molar-refractivity contribution in [3.8, 4) is 5.75 Å². The first-order chi connectivity index (χ1) is 9.79. The van der Waals surface area contributed by atoms with Crippen LogP contribution in [0.15, 0.2) is 29.0 Å². The first kappa shape index (κ1) is 15.0. The molecule has 0 saturated carbocycles. The highest BCUT2D eigenvalue weighted by Gasteiger charge is 2.03. The van der Waals surface area contributed by atoms with Crippen molar-refractivity contribution >= 4 is 11.3 Å². The Hall–Kier alpha value is -1.39. The van der Waals surface area contributed by atoms with Crippen LogP contribution in [0.1, 0.15) is 23.9 Å². The summed E-state index contributed by atoms with van der Waals surface area (Å²) in [5.41, 5.74) is 3.49. The molecule has 0 atom stereocenters. The molecule has 4 heteroatoms. The Morgan fingerprint density at radius 3 is 2.90 bits per heavy atom. The average molecular weight is 290 g/mol. The van der Waals surface area contributed by atoms with Crippen LogP contribution in [0, 0.1) is 6.92 Å². The van der Waals surface area contributed by atoms with Gasteiger partial charge in [0.2, 0.25) is 0 Å². The van der Waals surface area contributed by atoms with Crippen LogP contribution in [0.25, 0.3) is 0 Å². The second-order valence-corrected chi connectivity index (χ2v) is 5.51. The van der Waals surface area contributed by atoms with Crippen molar-refractivity contribution in [3.05, 3.63) is 45.9 Å². The monoisotopic (exact) mass is 290 g/mol. The Labute approximate surface area is 125 Å². The normalized spacial score (nSPS) is 10.7. The van der Waals surface area contributed by atoms with E-state index in [1.165, 1.54) is 5.56 Å². The molecule has 0 spiro atoms. The van der Waals surface area contributed by atoms with Crippen molar-refractivity contribution in [1.82, 2.24) is 10.3 Å². The van der Waals surface area contributed by atoms with Gasteiger partial charge in [-0.1, -0.05) is 6.92 Å². The Bertz CT molecular complexity index is 511. The summed E-state index contributed by atoms with van der Waals surface area (Å²) in [5, 5.41) is 7.72. The van der Waals surface area contributed by atoms with Crippen molar-refractivity contribution in [3.63, 3.8) is 0 Å². The van der Waals surface area contributed by atoms with Gasteiger partial charge in [-0.05, 0) is 60.8 Å². The molecule has 0 aromatic carbocycles. The molecule has 0 aliphatic rings. The number of pyridine rings is 1. The summed E-state index contributed by atoms with van der Waals surface area (Å²) in [6, 6.07) is 6.19. The zero-order chi connectivity index (χ0) is 14.2. The van der Waals surface area contributed by atoms with Gasteiger partial charge in [-0.3, -0.25) is 4.98 Å². The van der Waals surface area contributed by atoms with Crippen molar-refractivity contribution < 1.29 is 4.74 Å². The molecule has 0 amide bonds. The molecule has 0 fully saturated rings. The standard InChI is InChI=1S/C16H22N2OS/c1-3-15-16(5-4-13(2)18-15)19-10-9-17-8-6-14-7-11-20-12-14/h4-5,7,11-12,17H,3,6,8-10H2,1-2H3. The predicted molar refractivity (Wildman–Crippen MR) is 84.7 cm³/mol. The van der Waals surface area contributed by atoms with Gasteiger partial charge in [0.05, 0.1) is 5.69 Å². The van der Waals surface area contributed by atoms with Gasteiger partial charge in [0.15, 0.2) is 0 Å². The average Bonchev–Trinajstić information content (AvgIpc) is 2.97. The van der Waals surface area contributed by atoms with Crippen LogP contribution in [-0.2, 0) is 12.8 Å². The molecule has 2 heterocycles. The van der Waals surface area contributed by atoms with E-state index in [-0.39, 0.29) is 0 Å². The third kappa shape index (κ3) is 4.62. The zero-order valence-electron chi connectivity index (χ0n) is 12.2. The highest BCUT2D eigenvalue weighted by Crippen LogP contribution is 2.17. The minimum atomic E-state index is 0.682. The Balaban J connectivity index is 1.65. The first-order valence-electron chi connectivity index (χ1n) is 7.10. The fourth-order valence-electron chi connectivity index (χ4n) is 2.01. The summed E-state index contributed by atoms with van der Waals surface area (Å²) < 4.78 is 5.80. The Kier molecular flexibility index (Phi) is 6.02. The number of aryl methyl sites for hydroxylation is 2. The largest absolute Gasteiger partial charge is 0.490 e. The van der Waals surface area contributed by atoms with E-state index in [1.54, 1.807) is 11.3 Å². The Morgan fingerprint density at radius 1 is 1.25 bits per heavy atom. The smallest absolute Gasteiger partial charge is 0.140 e. The summed E-state index contributed by atoms with van der Waals surface area (Å²) in [6.07, 6.45) is 1.98. The minimum Gasteiger partial charge on any atom is -0.490 e. The molecule has 3 nitrogen and oxygen atoms in total. The molecule has 2 aromatic rings. The van der Waals surface area contributed by atoms with E-state index in [4.69, 9.17) is 4.74 Å². The van der Waals surface area contributed by atoms with Gasteiger partial charge in [-0.2, -0.15) is 11.3 Å². The van der Waals surface area contributed by atoms with E-state index in [1.807, 2.05) is 19.1 Å². The number of rotatable bonds is 8. The Morgan fingerprint density at radius 2 is 2.15 bits per heavy atom. The van der Waals surface area contributed by atoms with Crippen LogP contribution in [0.4, 0.5) is 0 Å². The van der Waals surface area contributed by atoms with Gasteiger partial charge in [0.25, 0.3) is 0 Å². The maximum atomic E-state index is 5.80. The molecule has 0 unspecified atom stereocenters. The number of hydrogen-bond donors (Lipinski definition) is 1. The molecule has 0 radical (unpaired) electrons. The summed E-state index contributed by atoms with van der Waals surface area (Å²) in [7, 11) is 0. The molecule has 2 rings (SSSR count). The van der Waals surface area contributed by atoms with Gasteiger partial charge in [0, 0.05) is 12.2 Å². The quantitative estimate of drug-likeness (QED) is 0.758. The molecule has 0 saturated heterocycles. The molecule has 20 heavy (non-hydrogen) atoms. The molecule has 108 valence electrons. The van der Waals surface area contributed by atoms with Crippen LogP contribution >= 0.6 is 11.3 Å². The second kappa shape index (κ2) is 8.02. The van der Waals surface area contributed by atoms with Crippen molar-refractivity contribution in [2.24, 2.45) is 0 Å². The molecule has 2 aromatic heterocycles.